The number of halogens is 9. The monoisotopic (exact) mass is 706 g/mol. The maximum Gasteiger partial charge on any atom is 0 e. The summed E-state index contributed by atoms with van der Waals surface area (Å²) in [5.41, 5.74) is 0. The fourth-order valence-corrected chi connectivity index (χ4v) is 2.83. The summed E-state index contributed by atoms with van der Waals surface area (Å²) < 4.78 is 102. The van der Waals surface area contributed by atoms with E-state index in [9.17, 15) is 39.5 Å². The Kier molecular flexibility index (Phi) is 27.4. The number of aliphatic hydroxyl groups excluding tert-OH is 3. The maximum atomic E-state index is 11.3. The molecular formula is C17H29F9GeHfO3-. The molecule has 3 nitrogen and oxygen atoms in total. The molecule has 0 heterocycles. The minimum absolute atomic E-state index is 0. The second kappa shape index (κ2) is 20.6. The molecule has 0 amide bonds. The van der Waals surface area contributed by atoms with Crippen LogP contribution in [0.1, 0.15) is 41.5 Å². The minimum atomic E-state index is -7.10. The van der Waals surface area contributed by atoms with Crippen LogP contribution in [0.5, 0.6) is 0 Å². The van der Waals surface area contributed by atoms with Crippen LogP contribution in [0, 0.1) is 0 Å². The van der Waals surface area contributed by atoms with Crippen molar-refractivity contribution in [1.29, 1.82) is 0 Å². The maximum absolute atomic E-state index is 11.3. The van der Waals surface area contributed by atoms with Crippen molar-refractivity contribution in [2.45, 2.75) is 74.9 Å². The second-order valence-corrected chi connectivity index (χ2v) is 11.3. The Balaban J connectivity index is -0.000000103. The summed E-state index contributed by atoms with van der Waals surface area (Å²) in [6.45, 7) is 10.3. The number of aliphatic hydroxyl groups is 3. The van der Waals surface area contributed by atoms with E-state index in [1.807, 2.05) is 30.3 Å². The normalized spacial score (nSPS) is 11.2. The number of hydrogen-bond acceptors (Lipinski definition) is 3. The minimum Gasteiger partial charge on any atom is -0.214 e. The van der Waals surface area contributed by atoms with Crippen molar-refractivity contribution in [2.24, 2.45) is 0 Å². The fraction of sp³-hybridized carbons (Fsp3) is 0.706. The molecule has 0 fully saturated rings. The average Bonchev–Trinajstić information content (AvgIpc) is 2.87. The van der Waals surface area contributed by atoms with Gasteiger partial charge < -0.3 is 15.3 Å². The first-order valence-electron chi connectivity index (χ1n) is 8.36. The van der Waals surface area contributed by atoms with Crippen molar-refractivity contribution in [1.82, 2.24) is 0 Å². The largest absolute Gasteiger partial charge is 0.214 e. The van der Waals surface area contributed by atoms with Crippen molar-refractivity contribution in [3.63, 3.8) is 0 Å². The molecule has 1 aromatic carbocycles. The van der Waals surface area contributed by atoms with E-state index in [-0.39, 0.29) is 44.2 Å². The molecule has 0 aromatic heterocycles. The molecule has 0 aliphatic carbocycles. The van der Waals surface area contributed by atoms with Crippen LogP contribution in [-0.2, 0) is 25.8 Å². The van der Waals surface area contributed by atoms with Gasteiger partial charge in [0.15, 0.2) is 0 Å². The summed E-state index contributed by atoms with van der Waals surface area (Å²) in [6.07, 6.45) is -0.500. The van der Waals surface area contributed by atoms with Crippen LogP contribution in [0.2, 0.25) is 0 Å². The fourth-order valence-electron chi connectivity index (χ4n) is 0.803. The van der Waals surface area contributed by atoms with Gasteiger partial charge >= 0.3 is 68.9 Å². The smallest absolute Gasteiger partial charge is 0 e. The Hall–Kier alpha value is 0.0130. The first kappa shape index (κ1) is 41.3. The predicted molar refractivity (Wildman–Crippen MR) is 98.0 cm³/mol. The molecule has 0 spiro atoms. The third-order valence-electron chi connectivity index (χ3n) is 1.41. The van der Waals surface area contributed by atoms with Gasteiger partial charge in [-0.25, -0.2) is 12.1 Å². The van der Waals surface area contributed by atoms with Crippen molar-refractivity contribution >= 4 is 14.3 Å². The van der Waals surface area contributed by atoms with E-state index >= 15 is 0 Å². The van der Waals surface area contributed by atoms with Crippen LogP contribution in [0.4, 0.5) is 39.5 Å². The van der Waals surface area contributed by atoms with Crippen LogP contribution in [-0.4, -0.2) is 63.0 Å². The zero-order chi connectivity index (χ0) is 25.3. The van der Waals surface area contributed by atoms with Crippen molar-refractivity contribution < 1.29 is 80.7 Å². The predicted octanol–water partition coefficient (Wildman–Crippen LogP) is 5.35. The van der Waals surface area contributed by atoms with Gasteiger partial charge in [-0.3, -0.25) is 0 Å². The Morgan fingerprint density at radius 3 is 0.774 bits per heavy atom. The molecule has 0 aliphatic rings. The number of rotatable bonds is 0. The summed E-state index contributed by atoms with van der Waals surface area (Å²) in [7, 11) is 0. The standard InChI is InChI=1S/C5H5.C3F9Ge.3C3H8O.Hf/c1-2-4-5-3-1;4-1(5,6)13(2(7,8)9)3(10,11)12;3*1-3(2)4;/h1-5H;;3*3-4H,1-2H3;/q-1;;;;;. The van der Waals surface area contributed by atoms with Gasteiger partial charge in [-0.05, 0) is 41.5 Å². The summed E-state index contributed by atoms with van der Waals surface area (Å²) in [5, 5.41) is 5.57. The summed E-state index contributed by atoms with van der Waals surface area (Å²) in [5.74, 6) is 0. The van der Waals surface area contributed by atoms with Crippen LogP contribution >= 0.6 is 0 Å². The molecule has 1 rings (SSSR count). The third-order valence-corrected chi connectivity index (χ3v) is 4.97. The zero-order valence-electron chi connectivity index (χ0n) is 17.9. The van der Waals surface area contributed by atoms with E-state index in [2.05, 4.69) is 0 Å². The van der Waals surface area contributed by atoms with E-state index < -0.39 is 29.4 Å². The number of alkyl halides is 9. The van der Waals surface area contributed by atoms with Crippen LogP contribution in [0.3, 0.4) is 0 Å². The molecule has 31 heavy (non-hydrogen) atoms. The number of hydrogen-bond donors (Lipinski definition) is 3. The molecule has 3 N–H and O–H groups in total. The van der Waals surface area contributed by atoms with Crippen molar-refractivity contribution in [3.8, 4) is 0 Å². The summed E-state index contributed by atoms with van der Waals surface area (Å²) in [4.78, 5) is 0. The van der Waals surface area contributed by atoms with Crippen LogP contribution < -0.4 is 0 Å². The van der Waals surface area contributed by atoms with Crippen molar-refractivity contribution in [3.05, 3.63) is 30.3 Å². The molecule has 1 aromatic rings. The van der Waals surface area contributed by atoms with Crippen LogP contribution in [0.25, 0.3) is 0 Å². The van der Waals surface area contributed by atoms with E-state index in [0.29, 0.717) is 0 Å². The van der Waals surface area contributed by atoms with Gasteiger partial charge in [0.25, 0.3) is 0 Å². The SMILES string of the molecule is CC(C)O.CC(C)O.CC(C)O.F[C](F)(F)[Ge]([C](F)(F)F)[C](F)(F)F.[Hf].c1cc[cH-]c1. The molecule has 0 saturated heterocycles. The Labute approximate surface area is 199 Å². The quantitative estimate of drug-likeness (QED) is 0.194. The molecule has 14 heteroatoms. The molecule has 0 aliphatic heterocycles. The third kappa shape index (κ3) is 44.5. The van der Waals surface area contributed by atoms with Gasteiger partial charge in [-0.2, -0.15) is 18.2 Å². The molecule has 0 unspecified atom stereocenters. The molecule has 0 atom stereocenters. The summed E-state index contributed by atoms with van der Waals surface area (Å²) in [6, 6.07) is 10.0. The van der Waals surface area contributed by atoms with Gasteiger partial charge in [0.2, 0.25) is 0 Å². The Morgan fingerprint density at radius 2 is 0.742 bits per heavy atom. The van der Waals surface area contributed by atoms with Gasteiger partial charge in [0.05, 0.1) is 0 Å². The molecular weight excluding hydrogens is 674 g/mol. The Morgan fingerprint density at radius 1 is 0.581 bits per heavy atom. The average molecular weight is 703 g/mol. The Bertz CT molecular complexity index is 388. The summed E-state index contributed by atoms with van der Waals surface area (Å²) >= 11 is -7.10. The van der Waals surface area contributed by atoms with Crippen molar-refractivity contribution in [2.75, 3.05) is 0 Å². The van der Waals surface area contributed by atoms with Crippen LogP contribution in [0.15, 0.2) is 30.3 Å². The topological polar surface area (TPSA) is 60.7 Å². The van der Waals surface area contributed by atoms with Gasteiger partial charge in [0.1, 0.15) is 0 Å². The van der Waals surface area contributed by atoms with Gasteiger partial charge in [-0.15, -0.1) is 0 Å². The molecule has 187 valence electrons. The van der Waals surface area contributed by atoms with E-state index in [1.165, 1.54) is 0 Å². The first-order valence-corrected chi connectivity index (χ1v) is 11.5. The molecule has 0 bridgehead atoms. The molecule has 1 radical (unpaired) electrons. The van der Waals surface area contributed by atoms with E-state index in [4.69, 9.17) is 15.3 Å². The van der Waals surface area contributed by atoms with Gasteiger partial charge in [-0.1, -0.05) is 0 Å². The van der Waals surface area contributed by atoms with Gasteiger partial charge in [0, 0.05) is 44.2 Å². The first-order chi connectivity index (χ1) is 13.1. The second-order valence-electron chi connectivity index (χ2n) is 6.11. The van der Waals surface area contributed by atoms with E-state index in [0.717, 1.165) is 0 Å². The zero-order valence-corrected chi connectivity index (χ0v) is 23.6. The molecule has 0 saturated carbocycles. The van der Waals surface area contributed by atoms with E-state index in [1.54, 1.807) is 41.5 Å².